The number of para-hydroxylation sites is 8. The fourth-order valence-electron chi connectivity index (χ4n) is 16.7. The largest absolute Gasteiger partial charge is 0.489 e. The molecule has 0 spiro atoms. The quantitative estimate of drug-likeness (QED) is 0.0467. The van der Waals surface area contributed by atoms with E-state index >= 15 is 0 Å². The lowest BCUT2D eigenvalue weighted by molar-refractivity contribution is 0.111. The molecule has 12 nitrogen and oxygen atoms in total. The maximum Gasteiger partial charge on any atom is 0.489 e. The molecule has 19 aromatic carbocycles. The summed E-state index contributed by atoms with van der Waals surface area (Å²) in [5.41, 5.74) is 28.6. The second-order valence-corrected chi connectivity index (χ2v) is 34.9. The molecule has 5 aromatic heterocycles. The molecule has 644 valence electrons. The molecule has 0 amide bonds. The van der Waals surface area contributed by atoms with Crippen LogP contribution >= 0.6 is 109 Å². The van der Waals surface area contributed by atoms with E-state index < -0.39 is 7.12 Å². The summed E-state index contributed by atoms with van der Waals surface area (Å²) in [5.74, 6) is 0.828. The number of halogens is 9. The summed E-state index contributed by atoms with van der Waals surface area (Å²) in [5, 5.41) is 40.4. The standard InChI is InChI=1S/C23H14Cl2N2.2C23H13ClN2.C17H10Cl2O.C11H7BrO.C6H5BCl2O2.C6H8N2.CH4/c24-15-10-12-17(19(25)13-15)18-11-9-14-5-1-2-6-16(14)22(18)23-26-20-7-3-4-8-21(20)27-23;2*24-15-10-12-17-18-11-9-14-5-1-2-6-16(14)22(18)23-25-19-7-3-4-8-20(19)26(23)21(17)13-15;18-12-6-8-15(17(19)9-12)14-7-5-11-3-1-2-4-13(11)16(14)10-20;12-11-6-5-8-3-1-2-4-9(8)10(11)7-13;8-4-1-2-5(7(10)11)6(9)3-4;7-5-3-1-2-4-6(5)8;/h1-13H,(H,26,27);2*1-13H;1-10H;1-7H;1-3,10-11H;1-4H,7-8H2;1H4. The molecule has 0 aliphatic rings. The van der Waals surface area contributed by atoms with Crippen molar-refractivity contribution in [3.8, 4) is 33.6 Å². The first-order chi connectivity index (χ1) is 63.8. The number of pyridine rings is 2. The van der Waals surface area contributed by atoms with Crippen molar-refractivity contribution in [2.24, 2.45) is 0 Å². The normalized spacial score (nSPS) is 11.1. The first-order valence-corrected chi connectivity index (χ1v) is 45.1. The van der Waals surface area contributed by atoms with Gasteiger partial charge in [-0.1, -0.05) is 371 Å². The first-order valence-electron chi connectivity index (χ1n) is 41.3. The van der Waals surface area contributed by atoms with Crippen LogP contribution in [0.2, 0.25) is 40.2 Å². The Morgan fingerprint density at radius 1 is 0.318 bits per heavy atom. The number of nitrogens with two attached hydrogens (primary N) is 2. The zero-order valence-corrected chi connectivity index (χ0v) is 76.6. The number of anilines is 2. The number of H-pyrrole nitrogens is 1. The number of benzene rings is 19. The zero-order valence-electron chi connectivity index (χ0n) is 69.0. The molecule has 0 saturated carbocycles. The molecule has 5 heterocycles. The highest BCUT2D eigenvalue weighted by atomic mass is 79.9. The molecule has 24 aromatic rings. The van der Waals surface area contributed by atoms with Crippen LogP contribution < -0.4 is 16.9 Å². The lowest BCUT2D eigenvalue weighted by Crippen LogP contribution is -2.30. The molecule has 0 bridgehead atoms. The van der Waals surface area contributed by atoms with Gasteiger partial charge in [0.15, 0.2) is 12.6 Å². The van der Waals surface area contributed by atoms with Gasteiger partial charge in [0.2, 0.25) is 0 Å². The van der Waals surface area contributed by atoms with Crippen molar-refractivity contribution in [2.75, 3.05) is 11.5 Å². The molecular formula is C110H74BBrCl8N8O4. The average molecular weight is 1950 g/mol. The summed E-state index contributed by atoms with van der Waals surface area (Å²) in [7, 11) is -1.54. The van der Waals surface area contributed by atoms with E-state index in [9.17, 15) is 9.59 Å². The molecule has 0 radical (unpaired) electrons. The van der Waals surface area contributed by atoms with Gasteiger partial charge >= 0.3 is 7.12 Å². The Balaban J connectivity index is 0.000000111. The van der Waals surface area contributed by atoms with Crippen molar-refractivity contribution in [1.82, 2.24) is 28.7 Å². The van der Waals surface area contributed by atoms with Crippen LogP contribution in [0.3, 0.4) is 0 Å². The third-order valence-electron chi connectivity index (χ3n) is 22.8. The highest BCUT2D eigenvalue weighted by Gasteiger charge is 2.22. The van der Waals surface area contributed by atoms with Crippen LogP contribution in [0.25, 0.3) is 175 Å². The number of aromatic nitrogens is 6. The van der Waals surface area contributed by atoms with E-state index in [0.29, 0.717) is 42.1 Å². The minimum atomic E-state index is -1.54. The minimum Gasteiger partial charge on any atom is -0.423 e. The predicted octanol–water partition coefficient (Wildman–Crippen LogP) is 31.8. The van der Waals surface area contributed by atoms with Gasteiger partial charge in [-0.3, -0.25) is 18.4 Å². The Morgan fingerprint density at radius 2 is 0.674 bits per heavy atom. The average Bonchev–Trinajstić information content (AvgIpc) is 1.61. The summed E-state index contributed by atoms with van der Waals surface area (Å²) < 4.78 is 5.33. The van der Waals surface area contributed by atoms with Gasteiger partial charge < -0.3 is 26.5 Å². The molecule has 22 heteroatoms. The molecular weight excluding hydrogens is 1870 g/mol. The Bertz CT molecular complexity index is 8330. The van der Waals surface area contributed by atoms with Crippen LogP contribution in [0.15, 0.2) is 375 Å². The van der Waals surface area contributed by atoms with Crippen LogP contribution in [-0.4, -0.2) is 58.5 Å². The van der Waals surface area contributed by atoms with Gasteiger partial charge in [0.05, 0.1) is 55.5 Å². The number of nitrogens with one attached hydrogen (secondary N) is 1. The van der Waals surface area contributed by atoms with E-state index in [-0.39, 0.29) is 17.9 Å². The monoisotopic (exact) mass is 1940 g/mol. The van der Waals surface area contributed by atoms with Gasteiger partial charge in [-0.05, 0) is 191 Å². The fraction of sp³-hybridized carbons (Fsp3) is 0.00909. The number of carbonyl (C=O) groups excluding carboxylic acids is 2. The number of hydrogen-bond donors (Lipinski definition) is 5. The summed E-state index contributed by atoms with van der Waals surface area (Å²) in [6.07, 6.45) is 1.76. The maximum atomic E-state index is 11.5. The van der Waals surface area contributed by atoms with Crippen LogP contribution in [-0.2, 0) is 0 Å². The van der Waals surface area contributed by atoms with Crippen molar-refractivity contribution >= 4 is 287 Å². The van der Waals surface area contributed by atoms with E-state index in [1.807, 2.05) is 176 Å². The molecule has 24 rings (SSSR count). The number of fused-ring (bicyclic) bond motifs is 24. The number of nitrogens with zero attached hydrogens (tertiary/aromatic N) is 5. The molecule has 0 aliphatic heterocycles. The van der Waals surface area contributed by atoms with Gasteiger partial charge in [-0.25, -0.2) is 15.0 Å². The van der Waals surface area contributed by atoms with Crippen molar-refractivity contribution in [3.05, 3.63) is 426 Å². The Kier molecular flexibility index (Phi) is 27.3. The highest BCUT2D eigenvalue weighted by Crippen LogP contribution is 2.44. The summed E-state index contributed by atoms with van der Waals surface area (Å²) in [6, 6.07) is 121. The molecule has 0 saturated heterocycles. The van der Waals surface area contributed by atoms with Crippen molar-refractivity contribution < 1.29 is 19.6 Å². The molecule has 0 atom stereocenters. The van der Waals surface area contributed by atoms with Crippen molar-refractivity contribution in [1.29, 1.82) is 0 Å². The van der Waals surface area contributed by atoms with Crippen LogP contribution in [0, 0.1) is 0 Å². The van der Waals surface area contributed by atoms with Gasteiger partial charge in [0.1, 0.15) is 17.1 Å². The number of nitrogen functional groups attached to an aromatic ring is 2. The second-order valence-electron chi connectivity index (χ2n) is 30.7. The Hall–Kier alpha value is -13.4. The van der Waals surface area contributed by atoms with Gasteiger partial charge in [-0.2, -0.15) is 0 Å². The zero-order chi connectivity index (χ0) is 90.7. The smallest absolute Gasteiger partial charge is 0.423 e. The van der Waals surface area contributed by atoms with Crippen molar-refractivity contribution in [2.45, 2.75) is 7.43 Å². The minimum absolute atomic E-state index is 0. The SMILES string of the molecule is C.Clc1ccc(-c2ccc3ccccc3c2-c2nc3ccccc3[nH]2)c(Cl)c1.Clc1ccc2c3ccc4ccccc4c3c3nc4ccccc4n3c2c1.Clc1ccc2c3ccc4ccccc4c3c3nc4ccccc4n3c2c1.Nc1ccccc1N.O=Cc1c(-c2ccc(Cl)cc2Cl)ccc2ccccc12.O=Cc1c(Br)ccc2ccccc12.OB(O)c1ccc(Cl)cc1Cl. The number of aldehydes is 2. The third kappa shape index (κ3) is 18.3. The highest BCUT2D eigenvalue weighted by molar-refractivity contribution is 9.10. The van der Waals surface area contributed by atoms with E-state index in [1.165, 1.54) is 66.0 Å². The second kappa shape index (κ2) is 39.7. The van der Waals surface area contributed by atoms with E-state index in [4.69, 9.17) is 129 Å². The molecule has 7 N–H and O–H groups in total. The van der Waals surface area contributed by atoms with E-state index in [2.05, 4.69) is 175 Å². The fourth-order valence-corrected chi connectivity index (χ4v) is 19.0. The molecule has 0 unspecified atom stereocenters. The van der Waals surface area contributed by atoms with Crippen LogP contribution in [0.1, 0.15) is 28.1 Å². The van der Waals surface area contributed by atoms with Gasteiger partial charge in [0.25, 0.3) is 0 Å². The Morgan fingerprint density at radius 3 is 1.14 bits per heavy atom. The number of aromatic amines is 1. The number of hydrogen-bond acceptors (Lipinski definition) is 9. The van der Waals surface area contributed by atoms with Crippen LogP contribution in [0.5, 0.6) is 0 Å². The molecule has 0 fully saturated rings. The lowest BCUT2D eigenvalue weighted by atomic mass is 9.80. The predicted molar refractivity (Wildman–Crippen MR) is 565 cm³/mol. The van der Waals surface area contributed by atoms with E-state index in [1.54, 1.807) is 36.4 Å². The topological polar surface area (TPSA) is 190 Å². The lowest BCUT2D eigenvalue weighted by Gasteiger charge is -2.13. The number of rotatable bonds is 6. The maximum absolute atomic E-state index is 11.5. The van der Waals surface area contributed by atoms with Gasteiger partial charge in [-0.15, -0.1) is 0 Å². The van der Waals surface area contributed by atoms with E-state index in [0.717, 1.165) is 154 Å². The number of carbonyl (C=O) groups is 2. The van der Waals surface area contributed by atoms with Gasteiger partial charge in [0, 0.05) is 99.5 Å². The summed E-state index contributed by atoms with van der Waals surface area (Å²) in [6.45, 7) is 0. The Labute approximate surface area is 806 Å². The summed E-state index contributed by atoms with van der Waals surface area (Å²) >= 11 is 52.0. The molecule has 132 heavy (non-hydrogen) atoms. The molecule has 0 aliphatic carbocycles. The third-order valence-corrected chi connectivity index (χ3v) is 25.6. The first kappa shape index (κ1) is 90.5. The number of imidazole rings is 3. The van der Waals surface area contributed by atoms with Crippen LogP contribution in [0.4, 0.5) is 11.4 Å². The van der Waals surface area contributed by atoms with Crippen molar-refractivity contribution in [3.63, 3.8) is 0 Å². The summed E-state index contributed by atoms with van der Waals surface area (Å²) in [4.78, 5) is 40.6.